The van der Waals surface area contributed by atoms with E-state index in [0.29, 0.717) is 0 Å². The van der Waals surface area contributed by atoms with Crippen LogP contribution in [0.1, 0.15) is 11.1 Å². The third kappa shape index (κ3) is 2.37. The summed E-state index contributed by atoms with van der Waals surface area (Å²) < 4.78 is 0. The minimum Gasteiger partial charge on any atom is -0.147 e. The Hall–Kier alpha value is -0.630. The molecule has 0 nitrogen and oxygen atoms in total. The third-order valence-corrected chi connectivity index (χ3v) is 3.78. The SMILES string of the molecule is Cl.Cl.c1ccc2c(c1)Cc1ccccc1S2. The first-order chi connectivity index (χ1) is 6.93. The summed E-state index contributed by atoms with van der Waals surface area (Å²) in [6.07, 6.45) is 1.08. The van der Waals surface area contributed by atoms with Gasteiger partial charge in [0.2, 0.25) is 0 Å². The number of hydrogen-bond donors (Lipinski definition) is 0. The van der Waals surface area contributed by atoms with Gasteiger partial charge in [-0.2, -0.15) is 0 Å². The largest absolute Gasteiger partial charge is 0.147 e. The van der Waals surface area contributed by atoms with Gasteiger partial charge in [0.15, 0.2) is 0 Å². The lowest BCUT2D eigenvalue weighted by atomic mass is 10.0. The molecule has 0 unspecified atom stereocenters. The number of halogens is 2. The van der Waals surface area contributed by atoms with E-state index in [4.69, 9.17) is 0 Å². The normalized spacial score (nSPS) is 11.5. The van der Waals surface area contributed by atoms with E-state index in [2.05, 4.69) is 48.5 Å². The van der Waals surface area contributed by atoms with Crippen molar-refractivity contribution in [2.75, 3.05) is 0 Å². The first-order valence-electron chi connectivity index (χ1n) is 4.77. The van der Waals surface area contributed by atoms with E-state index < -0.39 is 0 Å². The average Bonchev–Trinajstić information content (AvgIpc) is 2.26. The van der Waals surface area contributed by atoms with Gasteiger partial charge in [-0.1, -0.05) is 48.2 Å². The number of benzene rings is 2. The minimum absolute atomic E-state index is 0. The minimum atomic E-state index is 0. The molecule has 3 heteroatoms. The Morgan fingerprint density at radius 3 is 1.62 bits per heavy atom. The van der Waals surface area contributed by atoms with E-state index in [1.807, 2.05) is 11.8 Å². The summed E-state index contributed by atoms with van der Waals surface area (Å²) in [6, 6.07) is 17.3. The Morgan fingerprint density at radius 2 is 1.12 bits per heavy atom. The fraction of sp³-hybridized carbons (Fsp3) is 0.0769. The lowest BCUT2D eigenvalue weighted by molar-refractivity contribution is 1.06. The van der Waals surface area contributed by atoms with E-state index in [1.165, 1.54) is 20.9 Å². The van der Waals surface area contributed by atoms with E-state index in [9.17, 15) is 0 Å². The zero-order chi connectivity index (χ0) is 9.38. The molecule has 0 spiro atoms. The van der Waals surface area contributed by atoms with Crippen molar-refractivity contribution >= 4 is 36.6 Å². The van der Waals surface area contributed by atoms with E-state index >= 15 is 0 Å². The Bertz CT molecular complexity index is 395. The Morgan fingerprint density at radius 1 is 0.688 bits per heavy atom. The van der Waals surface area contributed by atoms with Gasteiger partial charge < -0.3 is 0 Å². The zero-order valence-corrected chi connectivity index (χ0v) is 11.0. The molecule has 0 N–H and O–H groups in total. The molecule has 2 aromatic rings. The highest BCUT2D eigenvalue weighted by Gasteiger charge is 2.13. The average molecular weight is 271 g/mol. The molecule has 0 atom stereocenters. The van der Waals surface area contributed by atoms with Crippen LogP contribution in [-0.4, -0.2) is 0 Å². The number of rotatable bonds is 0. The quantitative estimate of drug-likeness (QED) is 0.576. The predicted octanol–water partition coefficient (Wildman–Crippen LogP) is 4.59. The first-order valence-corrected chi connectivity index (χ1v) is 5.59. The highest BCUT2D eigenvalue weighted by Crippen LogP contribution is 2.38. The van der Waals surface area contributed by atoms with Gasteiger partial charge in [-0.15, -0.1) is 24.8 Å². The molecule has 0 aromatic heterocycles. The van der Waals surface area contributed by atoms with Gasteiger partial charge in [-0.25, -0.2) is 0 Å². The Labute approximate surface area is 112 Å². The second-order valence-corrected chi connectivity index (χ2v) is 4.58. The summed E-state index contributed by atoms with van der Waals surface area (Å²) in [5, 5.41) is 0. The monoisotopic (exact) mass is 270 g/mol. The van der Waals surface area contributed by atoms with Gasteiger partial charge in [-0.05, 0) is 29.7 Å². The van der Waals surface area contributed by atoms with Crippen LogP contribution >= 0.6 is 36.6 Å². The van der Waals surface area contributed by atoms with Gasteiger partial charge >= 0.3 is 0 Å². The molecule has 0 radical (unpaired) electrons. The van der Waals surface area contributed by atoms with Crippen LogP contribution in [0.5, 0.6) is 0 Å². The molecule has 2 aromatic carbocycles. The van der Waals surface area contributed by atoms with Gasteiger partial charge in [0, 0.05) is 9.79 Å². The molecule has 0 saturated carbocycles. The second kappa shape index (κ2) is 5.62. The molecular formula is C13H12Cl2S. The maximum Gasteiger partial charge on any atom is 0.0157 e. The summed E-state index contributed by atoms with van der Waals surface area (Å²) >= 11 is 1.88. The van der Waals surface area contributed by atoms with E-state index in [-0.39, 0.29) is 24.8 Å². The molecule has 3 rings (SSSR count). The fourth-order valence-corrected chi connectivity index (χ4v) is 2.90. The summed E-state index contributed by atoms with van der Waals surface area (Å²) in [4.78, 5) is 2.82. The molecule has 0 fully saturated rings. The van der Waals surface area contributed by atoms with Crippen LogP contribution in [0.15, 0.2) is 58.3 Å². The summed E-state index contributed by atoms with van der Waals surface area (Å²) in [6.45, 7) is 0. The van der Waals surface area contributed by atoms with Gasteiger partial charge in [-0.3, -0.25) is 0 Å². The summed E-state index contributed by atoms with van der Waals surface area (Å²) in [5.74, 6) is 0. The van der Waals surface area contributed by atoms with Crippen LogP contribution in [0.3, 0.4) is 0 Å². The van der Waals surface area contributed by atoms with Crippen LogP contribution in [-0.2, 0) is 6.42 Å². The smallest absolute Gasteiger partial charge is 0.0157 e. The standard InChI is InChI=1S/C13H10S.2ClH/c1-3-7-12-10(5-1)9-11-6-2-4-8-13(11)14-12;;/h1-8H,9H2;2*1H. The molecule has 84 valence electrons. The van der Waals surface area contributed by atoms with Crippen molar-refractivity contribution in [1.29, 1.82) is 0 Å². The van der Waals surface area contributed by atoms with Gasteiger partial charge in [0.25, 0.3) is 0 Å². The topological polar surface area (TPSA) is 0 Å². The molecule has 1 heterocycles. The fourth-order valence-electron chi connectivity index (χ4n) is 1.82. The van der Waals surface area contributed by atoms with Crippen molar-refractivity contribution in [3.8, 4) is 0 Å². The van der Waals surface area contributed by atoms with Crippen molar-refractivity contribution < 1.29 is 0 Å². The third-order valence-electron chi connectivity index (χ3n) is 2.55. The zero-order valence-electron chi connectivity index (χ0n) is 8.55. The Balaban J connectivity index is 0.000000640. The Kier molecular flexibility index (Phi) is 4.72. The maximum atomic E-state index is 2.22. The van der Waals surface area contributed by atoms with Gasteiger partial charge in [0.05, 0.1) is 0 Å². The van der Waals surface area contributed by atoms with Gasteiger partial charge in [0.1, 0.15) is 0 Å². The molecule has 0 amide bonds. The number of hydrogen-bond acceptors (Lipinski definition) is 1. The maximum absolute atomic E-state index is 2.22. The lowest BCUT2D eigenvalue weighted by Crippen LogP contribution is -1.98. The molecule has 0 bridgehead atoms. The molecular weight excluding hydrogens is 259 g/mol. The lowest BCUT2D eigenvalue weighted by Gasteiger charge is -2.17. The highest BCUT2D eigenvalue weighted by molar-refractivity contribution is 7.99. The molecule has 16 heavy (non-hydrogen) atoms. The summed E-state index contributed by atoms with van der Waals surface area (Å²) in [7, 11) is 0. The van der Waals surface area contributed by atoms with Crippen molar-refractivity contribution in [1.82, 2.24) is 0 Å². The van der Waals surface area contributed by atoms with E-state index in [1.54, 1.807) is 0 Å². The van der Waals surface area contributed by atoms with Crippen molar-refractivity contribution in [3.05, 3.63) is 59.7 Å². The van der Waals surface area contributed by atoms with Crippen LogP contribution in [0, 0.1) is 0 Å². The summed E-state index contributed by atoms with van der Waals surface area (Å²) in [5.41, 5.74) is 2.91. The van der Waals surface area contributed by atoms with Crippen LogP contribution in [0.25, 0.3) is 0 Å². The predicted molar refractivity (Wildman–Crippen MR) is 74.3 cm³/mol. The van der Waals surface area contributed by atoms with Crippen LogP contribution in [0.4, 0.5) is 0 Å². The highest BCUT2D eigenvalue weighted by atomic mass is 35.5. The first kappa shape index (κ1) is 13.4. The van der Waals surface area contributed by atoms with Crippen molar-refractivity contribution in [3.63, 3.8) is 0 Å². The second-order valence-electron chi connectivity index (χ2n) is 3.49. The molecule has 0 aliphatic carbocycles. The van der Waals surface area contributed by atoms with Crippen LogP contribution in [0.2, 0.25) is 0 Å². The molecule has 0 saturated heterocycles. The van der Waals surface area contributed by atoms with Crippen molar-refractivity contribution in [2.45, 2.75) is 16.2 Å². The molecule has 1 aliphatic heterocycles. The van der Waals surface area contributed by atoms with Crippen LogP contribution < -0.4 is 0 Å². The number of fused-ring (bicyclic) bond motifs is 2. The van der Waals surface area contributed by atoms with E-state index in [0.717, 1.165) is 6.42 Å². The van der Waals surface area contributed by atoms with Crippen molar-refractivity contribution in [2.24, 2.45) is 0 Å². The molecule has 1 aliphatic rings.